The van der Waals surface area contributed by atoms with E-state index in [2.05, 4.69) is 20.5 Å². The Balaban J connectivity index is 1.38. The number of amides is 1. The van der Waals surface area contributed by atoms with Gasteiger partial charge in [0.1, 0.15) is 11.6 Å². The van der Waals surface area contributed by atoms with Crippen LogP contribution in [0.3, 0.4) is 0 Å². The fourth-order valence-corrected chi connectivity index (χ4v) is 3.43. The number of anilines is 3. The molecule has 2 N–H and O–H groups in total. The number of benzene rings is 2. The summed E-state index contributed by atoms with van der Waals surface area (Å²) in [5.74, 6) is 0.0341. The van der Waals surface area contributed by atoms with Crippen molar-refractivity contribution < 1.29 is 9.18 Å². The highest BCUT2D eigenvalue weighted by Crippen LogP contribution is 2.22. The molecule has 1 amide bonds. The first-order chi connectivity index (χ1) is 14.2. The first kappa shape index (κ1) is 18.9. The Bertz CT molecular complexity index is 984. The Labute approximate surface area is 169 Å². The van der Waals surface area contributed by atoms with Gasteiger partial charge in [0.15, 0.2) is 0 Å². The molecule has 2 heterocycles. The van der Waals surface area contributed by atoms with Gasteiger partial charge in [0.05, 0.1) is 0 Å². The fraction of sp³-hybridized carbons (Fsp3) is 0.217. The Morgan fingerprint density at radius 3 is 2.55 bits per heavy atom. The zero-order valence-electron chi connectivity index (χ0n) is 16.1. The molecule has 148 valence electrons. The number of carbonyl (C=O) groups is 1. The molecule has 29 heavy (non-hydrogen) atoms. The van der Waals surface area contributed by atoms with Gasteiger partial charge < -0.3 is 15.5 Å². The summed E-state index contributed by atoms with van der Waals surface area (Å²) in [5, 5.41) is 5.98. The number of carbonyl (C=O) groups excluding carboxylic acids is 1. The lowest BCUT2D eigenvalue weighted by atomic mass is 10.2. The highest BCUT2D eigenvalue weighted by atomic mass is 19.1. The number of nitrogens with zero attached hydrogens (tertiary/aromatic N) is 2. The van der Waals surface area contributed by atoms with Crippen molar-refractivity contribution in [2.75, 3.05) is 28.6 Å². The van der Waals surface area contributed by atoms with Crippen LogP contribution in [0.25, 0.3) is 0 Å². The van der Waals surface area contributed by atoms with E-state index in [1.165, 1.54) is 24.6 Å². The van der Waals surface area contributed by atoms with Gasteiger partial charge in [0, 0.05) is 48.3 Å². The van der Waals surface area contributed by atoms with Gasteiger partial charge in [0.2, 0.25) is 0 Å². The molecule has 5 nitrogen and oxygen atoms in total. The SMILES string of the molecule is O=C(Nc1ccc(N2CCCC2)cc1)c1ccnc(NCc2ccccc2F)c1. The molecule has 1 aliphatic heterocycles. The Morgan fingerprint density at radius 1 is 1.03 bits per heavy atom. The molecule has 0 atom stereocenters. The highest BCUT2D eigenvalue weighted by molar-refractivity contribution is 6.04. The van der Waals surface area contributed by atoms with Crippen LogP contribution in [-0.4, -0.2) is 24.0 Å². The average Bonchev–Trinajstić information content (AvgIpc) is 3.29. The van der Waals surface area contributed by atoms with E-state index < -0.39 is 0 Å². The normalized spacial score (nSPS) is 13.3. The fourth-order valence-electron chi connectivity index (χ4n) is 3.43. The number of pyridine rings is 1. The predicted octanol–water partition coefficient (Wildman–Crippen LogP) is 4.69. The van der Waals surface area contributed by atoms with Crippen molar-refractivity contribution in [3.8, 4) is 0 Å². The summed E-state index contributed by atoms with van der Waals surface area (Å²) >= 11 is 0. The quantitative estimate of drug-likeness (QED) is 0.641. The summed E-state index contributed by atoms with van der Waals surface area (Å²) in [6.07, 6.45) is 4.02. The third-order valence-corrected chi connectivity index (χ3v) is 5.04. The zero-order chi connectivity index (χ0) is 20.1. The molecule has 6 heteroatoms. The monoisotopic (exact) mass is 390 g/mol. The second-order valence-electron chi connectivity index (χ2n) is 7.07. The van der Waals surface area contributed by atoms with Crippen molar-refractivity contribution in [2.24, 2.45) is 0 Å². The minimum Gasteiger partial charge on any atom is -0.372 e. The molecule has 1 aromatic heterocycles. The Kier molecular flexibility index (Phi) is 5.70. The number of rotatable bonds is 6. The molecule has 0 bridgehead atoms. The largest absolute Gasteiger partial charge is 0.372 e. The van der Waals surface area contributed by atoms with Gasteiger partial charge in [-0.05, 0) is 55.3 Å². The van der Waals surface area contributed by atoms with E-state index in [1.807, 2.05) is 24.3 Å². The van der Waals surface area contributed by atoms with E-state index in [-0.39, 0.29) is 11.7 Å². The lowest BCUT2D eigenvalue weighted by Gasteiger charge is -2.17. The van der Waals surface area contributed by atoms with Crippen LogP contribution < -0.4 is 15.5 Å². The van der Waals surface area contributed by atoms with Crippen LogP contribution in [0.4, 0.5) is 21.6 Å². The van der Waals surface area contributed by atoms with Crippen LogP contribution in [0.15, 0.2) is 66.9 Å². The van der Waals surface area contributed by atoms with Gasteiger partial charge in [-0.2, -0.15) is 0 Å². The van der Waals surface area contributed by atoms with E-state index >= 15 is 0 Å². The van der Waals surface area contributed by atoms with E-state index in [0.29, 0.717) is 23.5 Å². The van der Waals surface area contributed by atoms with Gasteiger partial charge in [-0.3, -0.25) is 4.79 Å². The van der Waals surface area contributed by atoms with E-state index in [0.717, 1.165) is 18.8 Å². The van der Waals surface area contributed by atoms with E-state index in [1.54, 1.807) is 36.5 Å². The molecule has 0 spiro atoms. The molecule has 1 fully saturated rings. The lowest BCUT2D eigenvalue weighted by molar-refractivity contribution is 0.102. The van der Waals surface area contributed by atoms with Gasteiger partial charge in [-0.1, -0.05) is 18.2 Å². The standard InChI is InChI=1S/C23H23FN4O/c24-21-6-2-1-5-18(21)16-26-22-15-17(11-12-25-22)23(29)27-19-7-9-20(10-8-19)28-13-3-4-14-28/h1-2,5-12,15H,3-4,13-14,16H2,(H,25,26)(H,27,29). The van der Waals surface area contributed by atoms with Crippen LogP contribution in [0.2, 0.25) is 0 Å². The molecule has 3 aromatic rings. The van der Waals surface area contributed by atoms with Crippen LogP contribution in [0.1, 0.15) is 28.8 Å². The van der Waals surface area contributed by atoms with Crippen molar-refractivity contribution >= 4 is 23.1 Å². The van der Waals surface area contributed by atoms with Crippen molar-refractivity contribution in [3.05, 3.63) is 83.8 Å². The molecule has 2 aromatic carbocycles. The maximum atomic E-state index is 13.7. The van der Waals surface area contributed by atoms with Crippen LogP contribution in [0.5, 0.6) is 0 Å². The summed E-state index contributed by atoms with van der Waals surface area (Å²) in [6.45, 7) is 2.47. The summed E-state index contributed by atoms with van der Waals surface area (Å²) < 4.78 is 13.7. The van der Waals surface area contributed by atoms with E-state index in [9.17, 15) is 9.18 Å². The van der Waals surface area contributed by atoms with Crippen molar-refractivity contribution in [1.82, 2.24) is 4.98 Å². The van der Waals surface area contributed by atoms with E-state index in [4.69, 9.17) is 0 Å². The zero-order valence-corrected chi connectivity index (χ0v) is 16.1. The smallest absolute Gasteiger partial charge is 0.255 e. The first-order valence-corrected chi connectivity index (χ1v) is 9.79. The van der Waals surface area contributed by atoms with Crippen molar-refractivity contribution in [3.63, 3.8) is 0 Å². The topological polar surface area (TPSA) is 57.3 Å². The van der Waals surface area contributed by atoms with Crippen molar-refractivity contribution in [1.29, 1.82) is 0 Å². The van der Waals surface area contributed by atoms with Gasteiger partial charge in [-0.25, -0.2) is 9.37 Å². The highest BCUT2D eigenvalue weighted by Gasteiger charge is 2.13. The molecule has 0 saturated carbocycles. The average molecular weight is 390 g/mol. The van der Waals surface area contributed by atoms with Gasteiger partial charge in [-0.15, -0.1) is 0 Å². The van der Waals surface area contributed by atoms with Crippen LogP contribution in [0, 0.1) is 5.82 Å². The minimum atomic E-state index is -0.272. The summed E-state index contributed by atoms with van der Waals surface area (Å²) in [6, 6.07) is 17.8. The third-order valence-electron chi connectivity index (χ3n) is 5.04. The maximum Gasteiger partial charge on any atom is 0.255 e. The molecule has 0 unspecified atom stereocenters. The number of nitrogens with one attached hydrogen (secondary N) is 2. The molecular weight excluding hydrogens is 367 g/mol. The number of aromatic nitrogens is 1. The summed E-state index contributed by atoms with van der Waals surface area (Å²) in [7, 11) is 0. The molecule has 0 aliphatic carbocycles. The number of hydrogen-bond acceptors (Lipinski definition) is 4. The molecule has 4 rings (SSSR count). The predicted molar refractivity (Wildman–Crippen MR) is 114 cm³/mol. The minimum absolute atomic E-state index is 0.213. The molecular formula is C23H23FN4O. The van der Waals surface area contributed by atoms with Gasteiger partial charge >= 0.3 is 0 Å². The summed E-state index contributed by atoms with van der Waals surface area (Å²) in [4.78, 5) is 19.2. The lowest BCUT2D eigenvalue weighted by Crippen LogP contribution is -2.17. The first-order valence-electron chi connectivity index (χ1n) is 9.79. The van der Waals surface area contributed by atoms with Crippen LogP contribution in [-0.2, 0) is 6.54 Å². The van der Waals surface area contributed by atoms with Gasteiger partial charge in [0.25, 0.3) is 5.91 Å². The molecule has 1 aliphatic rings. The maximum absolute atomic E-state index is 13.7. The Morgan fingerprint density at radius 2 is 1.79 bits per heavy atom. The summed E-state index contributed by atoms with van der Waals surface area (Å²) in [5.41, 5.74) is 2.96. The Hall–Kier alpha value is -3.41. The van der Waals surface area contributed by atoms with Crippen LogP contribution >= 0.6 is 0 Å². The molecule has 0 radical (unpaired) electrons. The second kappa shape index (κ2) is 8.73. The molecule has 1 saturated heterocycles. The number of hydrogen-bond donors (Lipinski definition) is 2. The second-order valence-corrected chi connectivity index (χ2v) is 7.07. The number of halogens is 1. The van der Waals surface area contributed by atoms with Crippen molar-refractivity contribution in [2.45, 2.75) is 19.4 Å². The third kappa shape index (κ3) is 4.71.